The highest BCUT2D eigenvalue weighted by Gasteiger charge is 2.24. The lowest BCUT2D eigenvalue weighted by Gasteiger charge is -2.16. The standard InChI is InChI=1S/C11H23NO5S/c1-9(2)8-10(11(13)14)12-18(15,16)7-5-4-6-17-3/h9-10,12H,4-8H2,1-3H3,(H,13,14)/t10-/m0/s1. The van der Waals surface area contributed by atoms with Crippen LogP contribution in [0.25, 0.3) is 0 Å². The van der Waals surface area contributed by atoms with Gasteiger partial charge in [0.15, 0.2) is 0 Å². The molecule has 108 valence electrons. The van der Waals surface area contributed by atoms with Gasteiger partial charge in [-0.05, 0) is 25.2 Å². The van der Waals surface area contributed by atoms with Gasteiger partial charge in [0.25, 0.3) is 0 Å². The van der Waals surface area contributed by atoms with Gasteiger partial charge < -0.3 is 9.84 Å². The third-order valence-corrected chi connectivity index (χ3v) is 3.81. The number of nitrogens with one attached hydrogen (secondary N) is 1. The van der Waals surface area contributed by atoms with Crippen LogP contribution in [-0.4, -0.2) is 45.0 Å². The van der Waals surface area contributed by atoms with Crippen LogP contribution in [0.5, 0.6) is 0 Å². The van der Waals surface area contributed by atoms with Gasteiger partial charge in [0.1, 0.15) is 6.04 Å². The van der Waals surface area contributed by atoms with Crippen molar-refractivity contribution >= 4 is 16.0 Å². The van der Waals surface area contributed by atoms with Crippen LogP contribution in [0, 0.1) is 5.92 Å². The molecule has 0 saturated heterocycles. The number of hydrogen-bond donors (Lipinski definition) is 2. The summed E-state index contributed by atoms with van der Waals surface area (Å²) in [6.07, 6.45) is 1.38. The summed E-state index contributed by atoms with van der Waals surface area (Å²) in [4.78, 5) is 10.9. The van der Waals surface area contributed by atoms with E-state index in [9.17, 15) is 13.2 Å². The zero-order valence-corrected chi connectivity index (χ0v) is 12.0. The van der Waals surface area contributed by atoms with Gasteiger partial charge in [-0.3, -0.25) is 4.79 Å². The van der Waals surface area contributed by atoms with Gasteiger partial charge in [-0.1, -0.05) is 13.8 Å². The number of sulfonamides is 1. The molecule has 2 N–H and O–H groups in total. The summed E-state index contributed by atoms with van der Waals surface area (Å²) < 4.78 is 30.4. The molecule has 0 heterocycles. The molecule has 0 aromatic carbocycles. The summed E-state index contributed by atoms with van der Waals surface area (Å²) in [6, 6.07) is -1.04. The lowest BCUT2D eigenvalue weighted by atomic mass is 10.1. The van der Waals surface area contributed by atoms with E-state index in [2.05, 4.69) is 4.72 Å². The lowest BCUT2D eigenvalue weighted by molar-refractivity contribution is -0.139. The highest BCUT2D eigenvalue weighted by atomic mass is 32.2. The monoisotopic (exact) mass is 281 g/mol. The van der Waals surface area contributed by atoms with Crippen LogP contribution >= 0.6 is 0 Å². The topological polar surface area (TPSA) is 92.7 Å². The molecule has 0 aliphatic heterocycles. The Morgan fingerprint density at radius 3 is 2.39 bits per heavy atom. The van der Waals surface area contributed by atoms with Crippen molar-refractivity contribution in [2.24, 2.45) is 5.92 Å². The van der Waals surface area contributed by atoms with Gasteiger partial charge in [-0.2, -0.15) is 0 Å². The number of aliphatic carboxylic acids is 1. The first-order valence-electron chi connectivity index (χ1n) is 6.00. The molecule has 18 heavy (non-hydrogen) atoms. The number of carboxylic acid groups (broad SMARTS) is 1. The first-order valence-corrected chi connectivity index (χ1v) is 7.65. The normalized spacial score (nSPS) is 13.8. The molecule has 0 radical (unpaired) electrons. The van der Waals surface area contributed by atoms with Crippen molar-refractivity contribution in [1.82, 2.24) is 4.72 Å². The van der Waals surface area contributed by atoms with E-state index in [1.807, 2.05) is 13.8 Å². The zero-order chi connectivity index (χ0) is 14.2. The van der Waals surface area contributed by atoms with E-state index in [1.54, 1.807) is 7.11 Å². The maximum atomic E-state index is 11.7. The average Bonchev–Trinajstić information content (AvgIpc) is 2.22. The van der Waals surface area contributed by atoms with Crippen LogP contribution in [0.2, 0.25) is 0 Å². The third kappa shape index (κ3) is 8.43. The predicted molar refractivity (Wildman–Crippen MR) is 68.9 cm³/mol. The maximum absolute atomic E-state index is 11.7. The summed E-state index contributed by atoms with van der Waals surface area (Å²) in [6.45, 7) is 4.20. The molecule has 1 atom stereocenters. The molecular formula is C11H23NO5S. The lowest BCUT2D eigenvalue weighted by Crippen LogP contribution is -2.42. The Kier molecular flexibility index (Phi) is 8.13. The Labute approximate surface area is 109 Å². The van der Waals surface area contributed by atoms with Crippen LogP contribution in [-0.2, 0) is 19.6 Å². The minimum absolute atomic E-state index is 0.0712. The largest absolute Gasteiger partial charge is 0.480 e. The average molecular weight is 281 g/mol. The van der Waals surface area contributed by atoms with E-state index in [0.717, 1.165) is 0 Å². The Morgan fingerprint density at radius 1 is 1.33 bits per heavy atom. The van der Waals surface area contributed by atoms with E-state index >= 15 is 0 Å². The van der Waals surface area contributed by atoms with Gasteiger partial charge in [0.05, 0.1) is 5.75 Å². The highest BCUT2D eigenvalue weighted by Crippen LogP contribution is 2.07. The zero-order valence-electron chi connectivity index (χ0n) is 11.2. The molecule has 0 saturated carbocycles. The second-order valence-electron chi connectivity index (χ2n) is 4.66. The highest BCUT2D eigenvalue weighted by molar-refractivity contribution is 7.89. The molecule has 0 aromatic rings. The number of carboxylic acids is 1. The molecule has 0 unspecified atom stereocenters. The number of rotatable bonds is 10. The van der Waals surface area contributed by atoms with Gasteiger partial charge >= 0.3 is 5.97 Å². The number of hydrogen-bond acceptors (Lipinski definition) is 4. The Hall–Kier alpha value is -0.660. The van der Waals surface area contributed by atoms with E-state index in [1.165, 1.54) is 0 Å². The number of carbonyl (C=O) groups is 1. The predicted octanol–water partition coefficient (Wildman–Crippen LogP) is 0.832. The fourth-order valence-corrected chi connectivity index (χ4v) is 2.82. The van der Waals surface area contributed by atoms with Crippen LogP contribution in [0.15, 0.2) is 0 Å². The Bertz CT molecular complexity index is 339. The second kappa shape index (κ2) is 8.44. The van der Waals surface area contributed by atoms with Gasteiger partial charge in [0.2, 0.25) is 10.0 Å². The molecule has 0 amide bonds. The molecule has 0 rings (SSSR count). The van der Waals surface area contributed by atoms with E-state index in [0.29, 0.717) is 19.4 Å². The molecule has 7 heteroatoms. The van der Waals surface area contributed by atoms with Crippen LogP contribution in [0.1, 0.15) is 33.1 Å². The minimum atomic E-state index is -3.54. The number of methoxy groups -OCH3 is 1. The second-order valence-corrected chi connectivity index (χ2v) is 6.53. The minimum Gasteiger partial charge on any atom is -0.480 e. The van der Waals surface area contributed by atoms with Crippen molar-refractivity contribution in [3.8, 4) is 0 Å². The van der Waals surface area contributed by atoms with Crippen LogP contribution < -0.4 is 4.72 Å². The van der Waals surface area contributed by atoms with Crippen LogP contribution in [0.3, 0.4) is 0 Å². The van der Waals surface area contributed by atoms with E-state index < -0.39 is 22.0 Å². The molecule has 0 aliphatic rings. The van der Waals surface area contributed by atoms with E-state index in [4.69, 9.17) is 9.84 Å². The first-order chi connectivity index (χ1) is 8.28. The fourth-order valence-electron chi connectivity index (χ4n) is 1.48. The summed E-state index contributed by atoms with van der Waals surface area (Å²) >= 11 is 0. The number of ether oxygens (including phenoxy) is 1. The SMILES string of the molecule is COCCCCS(=O)(=O)N[C@@H](CC(C)C)C(=O)O. The van der Waals surface area contributed by atoms with Gasteiger partial charge in [0, 0.05) is 13.7 Å². The summed E-state index contributed by atoms with van der Waals surface area (Å²) in [5, 5.41) is 8.95. The fraction of sp³-hybridized carbons (Fsp3) is 0.909. The van der Waals surface area contributed by atoms with Crippen molar-refractivity contribution in [3.05, 3.63) is 0 Å². The Morgan fingerprint density at radius 2 is 1.94 bits per heavy atom. The van der Waals surface area contributed by atoms with Crippen molar-refractivity contribution in [2.45, 2.75) is 39.2 Å². The third-order valence-electron chi connectivity index (χ3n) is 2.34. The molecule has 0 aromatic heterocycles. The summed E-state index contributed by atoms with van der Waals surface area (Å²) in [7, 11) is -1.99. The summed E-state index contributed by atoms with van der Waals surface area (Å²) in [5.74, 6) is -1.09. The smallest absolute Gasteiger partial charge is 0.321 e. The van der Waals surface area contributed by atoms with Gasteiger partial charge in [-0.25, -0.2) is 13.1 Å². The molecule has 0 aliphatic carbocycles. The molecular weight excluding hydrogens is 258 g/mol. The van der Waals surface area contributed by atoms with Crippen molar-refractivity contribution < 1.29 is 23.1 Å². The quantitative estimate of drug-likeness (QED) is 0.579. The molecule has 0 fully saturated rings. The van der Waals surface area contributed by atoms with Crippen molar-refractivity contribution in [3.63, 3.8) is 0 Å². The molecule has 0 spiro atoms. The maximum Gasteiger partial charge on any atom is 0.321 e. The first kappa shape index (κ1) is 17.3. The molecule has 6 nitrogen and oxygen atoms in total. The van der Waals surface area contributed by atoms with Crippen molar-refractivity contribution in [2.75, 3.05) is 19.5 Å². The van der Waals surface area contributed by atoms with Crippen LogP contribution in [0.4, 0.5) is 0 Å². The Balaban J connectivity index is 4.29. The molecule has 0 bridgehead atoms. The van der Waals surface area contributed by atoms with E-state index in [-0.39, 0.29) is 18.1 Å². The number of unbranched alkanes of at least 4 members (excludes halogenated alkanes) is 1. The summed E-state index contributed by atoms with van der Waals surface area (Å²) in [5.41, 5.74) is 0. The van der Waals surface area contributed by atoms with Gasteiger partial charge in [-0.15, -0.1) is 0 Å². The van der Waals surface area contributed by atoms with Crippen molar-refractivity contribution in [1.29, 1.82) is 0 Å².